The van der Waals surface area contributed by atoms with E-state index in [1.807, 2.05) is 18.2 Å². The largest absolute Gasteiger partial charge is 0.396 e. The van der Waals surface area contributed by atoms with Crippen molar-refractivity contribution in [3.8, 4) is 0 Å². The first-order valence-corrected chi connectivity index (χ1v) is 6.89. The van der Waals surface area contributed by atoms with E-state index in [1.165, 1.54) is 0 Å². The lowest BCUT2D eigenvalue weighted by Gasteiger charge is -2.36. The Bertz CT molecular complexity index is 386. The van der Waals surface area contributed by atoms with Crippen LogP contribution < -0.4 is 5.73 Å². The van der Waals surface area contributed by atoms with Gasteiger partial charge < -0.3 is 10.8 Å². The van der Waals surface area contributed by atoms with Crippen LogP contribution in [0.2, 0.25) is 5.02 Å². The number of likely N-dealkylation sites (tertiary alicyclic amines) is 1. The SMILES string of the molecule is NC1CC(CCO)CN(Cc2ccccc2Cl)C1. The van der Waals surface area contributed by atoms with Gasteiger partial charge in [-0.05, 0) is 30.4 Å². The van der Waals surface area contributed by atoms with Gasteiger partial charge in [-0.15, -0.1) is 0 Å². The summed E-state index contributed by atoms with van der Waals surface area (Å²) in [5.74, 6) is 0.501. The summed E-state index contributed by atoms with van der Waals surface area (Å²) in [4.78, 5) is 2.34. The van der Waals surface area contributed by atoms with E-state index < -0.39 is 0 Å². The standard InChI is InChI=1S/C14H21ClN2O/c15-14-4-2-1-3-12(14)9-17-8-11(5-6-18)7-13(16)10-17/h1-4,11,13,18H,5-10,16H2. The van der Waals surface area contributed by atoms with Crippen molar-refractivity contribution in [3.63, 3.8) is 0 Å². The summed E-state index contributed by atoms with van der Waals surface area (Å²) >= 11 is 6.18. The van der Waals surface area contributed by atoms with Gasteiger partial charge in [0.2, 0.25) is 0 Å². The fourth-order valence-corrected chi connectivity index (χ4v) is 2.93. The lowest BCUT2D eigenvalue weighted by molar-refractivity contribution is 0.128. The van der Waals surface area contributed by atoms with Gasteiger partial charge in [0.1, 0.15) is 0 Å². The number of nitrogens with two attached hydrogens (primary N) is 1. The quantitative estimate of drug-likeness (QED) is 0.877. The van der Waals surface area contributed by atoms with Crippen LogP contribution >= 0.6 is 11.6 Å². The Balaban J connectivity index is 1.98. The Labute approximate surface area is 114 Å². The second kappa shape index (κ2) is 6.53. The zero-order chi connectivity index (χ0) is 13.0. The number of rotatable bonds is 4. The molecule has 1 aromatic rings. The maximum atomic E-state index is 9.04. The van der Waals surface area contributed by atoms with Crippen LogP contribution in [0.4, 0.5) is 0 Å². The third-order valence-corrected chi connectivity index (χ3v) is 3.90. The van der Waals surface area contributed by atoms with Crippen molar-refractivity contribution in [2.24, 2.45) is 11.7 Å². The summed E-state index contributed by atoms with van der Waals surface area (Å²) in [6.45, 7) is 3.00. The van der Waals surface area contributed by atoms with E-state index >= 15 is 0 Å². The molecule has 3 nitrogen and oxygen atoms in total. The van der Waals surface area contributed by atoms with Crippen molar-refractivity contribution >= 4 is 11.6 Å². The van der Waals surface area contributed by atoms with Crippen molar-refractivity contribution < 1.29 is 5.11 Å². The highest BCUT2D eigenvalue weighted by atomic mass is 35.5. The Hall–Kier alpha value is -0.610. The summed E-state index contributed by atoms with van der Waals surface area (Å²) in [5.41, 5.74) is 7.23. The number of hydrogen-bond donors (Lipinski definition) is 2. The Morgan fingerprint density at radius 2 is 2.11 bits per heavy atom. The van der Waals surface area contributed by atoms with E-state index in [0.29, 0.717) is 5.92 Å². The van der Waals surface area contributed by atoms with Crippen LogP contribution in [0.3, 0.4) is 0 Å². The molecule has 1 fully saturated rings. The van der Waals surface area contributed by atoms with E-state index in [1.54, 1.807) is 0 Å². The minimum absolute atomic E-state index is 0.206. The molecule has 1 aliphatic heterocycles. The van der Waals surface area contributed by atoms with Gasteiger partial charge in [-0.1, -0.05) is 29.8 Å². The molecule has 0 aromatic heterocycles. The Morgan fingerprint density at radius 1 is 1.33 bits per heavy atom. The first-order valence-electron chi connectivity index (χ1n) is 6.51. The molecule has 0 saturated carbocycles. The number of benzene rings is 1. The third-order valence-electron chi connectivity index (χ3n) is 3.53. The van der Waals surface area contributed by atoms with E-state index in [4.69, 9.17) is 22.4 Å². The highest BCUT2D eigenvalue weighted by Gasteiger charge is 2.24. The molecule has 1 saturated heterocycles. The highest BCUT2D eigenvalue weighted by molar-refractivity contribution is 6.31. The smallest absolute Gasteiger partial charge is 0.0451 e. The fourth-order valence-electron chi connectivity index (χ4n) is 2.74. The lowest BCUT2D eigenvalue weighted by Crippen LogP contribution is -2.46. The average Bonchev–Trinajstić information content (AvgIpc) is 2.32. The molecule has 2 rings (SSSR count). The monoisotopic (exact) mass is 268 g/mol. The van der Waals surface area contributed by atoms with Gasteiger partial charge in [0.05, 0.1) is 0 Å². The second-order valence-electron chi connectivity index (χ2n) is 5.16. The van der Waals surface area contributed by atoms with Crippen LogP contribution in [0.15, 0.2) is 24.3 Å². The Morgan fingerprint density at radius 3 is 2.83 bits per heavy atom. The molecule has 0 aliphatic carbocycles. The zero-order valence-corrected chi connectivity index (χ0v) is 11.3. The van der Waals surface area contributed by atoms with Crippen LogP contribution in [0, 0.1) is 5.92 Å². The maximum Gasteiger partial charge on any atom is 0.0451 e. The van der Waals surface area contributed by atoms with Gasteiger partial charge in [-0.2, -0.15) is 0 Å². The van der Waals surface area contributed by atoms with Crippen molar-refractivity contribution in [2.75, 3.05) is 19.7 Å². The molecule has 1 heterocycles. The van der Waals surface area contributed by atoms with Gasteiger partial charge >= 0.3 is 0 Å². The summed E-state index contributed by atoms with van der Waals surface area (Å²) in [6, 6.07) is 8.14. The molecule has 4 heteroatoms. The zero-order valence-electron chi connectivity index (χ0n) is 10.6. The highest BCUT2D eigenvalue weighted by Crippen LogP contribution is 2.23. The molecular weight excluding hydrogens is 248 g/mol. The second-order valence-corrected chi connectivity index (χ2v) is 5.57. The van der Waals surface area contributed by atoms with Crippen molar-refractivity contribution in [3.05, 3.63) is 34.9 Å². The van der Waals surface area contributed by atoms with Crippen LogP contribution in [0.5, 0.6) is 0 Å². The van der Waals surface area contributed by atoms with E-state index in [2.05, 4.69) is 11.0 Å². The van der Waals surface area contributed by atoms with Crippen LogP contribution in [0.25, 0.3) is 0 Å². The molecule has 0 radical (unpaired) electrons. The number of hydrogen-bond acceptors (Lipinski definition) is 3. The predicted molar refractivity (Wildman–Crippen MR) is 74.5 cm³/mol. The molecule has 18 heavy (non-hydrogen) atoms. The van der Waals surface area contributed by atoms with Crippen molar-refractivity contribution in [2.45, 2.75) is 25.4 Å². The normalized spacial score (nSPS) is 25.3. The van der Waals surface area contributed by atoms with Gasteiger partial charge in [-0.25, -0.2) is 0 Å². The Kier molecular flexibility index (Phi) is 5.01. The van der Waals surface area contributed by atoms with Gasteiger partial charge in [0, 0.05) is 37.3 Å². The fraction of sp³-hybridized carbons (Fsp3) is 0.571. The first kappa shape index (κ1) is 13.8. The van der Waals surface area contributed by atoms with Crippen LogP contribution in [-0.4, -0.2) is 35.7 Å². The lowest BCUT2D eigenvalue weighted by atomic mass is 9.92. The first-order chi connectivity index (χ1) is 8.69. The molecule has 0 spiro atoms. The molecule has 2 unspecified atom stereocenters. The van der Waals surface area contributed by atoms with E-state index in [9.17, 15) is 0 Å². The van der Waals surface area contributed by atoms with Crippen molar-refractivity contribution in [1.82, 2.24) is 4.90 Å². The average molecular weight is 269 g/mol. The molecular formula is C14H21ClN2O. The van der Waals surface area contributed by atoms with E-state index in [-0.39, 0.29) is 12.6 Å². The molecule has 0 amide bonds. The molecule has 100 valence electrons. The maximum absolute atomic E-state index is 9.04. The third kappa shape index (κ3) is 3.69. The number of aliphatic hydroxyl groups excluding tert-OH is 1. The molecule has 2 atom stereocenters. The van der Waals surface area contributed by atoms with Gasteiger partial charge in [-0.3, -0.25) is 4.90 Å². The summed E-state index contributed by atoms with van der Waals surface area (Å²) < 4.78 is 0. The van der Waals surface area contributed by atoms with Gasteiger partial charge in [0.15, 0.2) is 0 Å². The number of nitrogens with zero attached hydrogens (tertiary/aromatic N) is 1. The summed E-state index contributed by atoms with van der Waals surface area (Å²) in [5, 5.41) is 9.86. The van der Waals surface area contributed by atoms with Crippen molar-refractivity contribution in [1.29, 1.82) is 0 Å². The van der Waals surface area contributed by atoms with Gasteiger partial charge in [0.25, 0.3) is 0 Å². The molecule has 1 aromatic carbocycles. The summed E-state index contributed by atoms with van der Waals surface area (Å²) in [7, 11) is 0. The number of halogens is 1. The molecule has 3 N–H and O–H groups in total. The van der Waals surface area contributed by atoms with E-state index in [0.717, 1.165) is 43.1 Å². The number of aliphatic hydroxyl groups is 1. The molecule has 0 bridgehead atoms. The van der Waals surface area contributed by atoms with Crippen LogP contribution in [0.1, 0.15) is 18.4 Å². The number of piperidine rings is 1. The van der Waals surface area contributed by atoms with Crippen LogP contribution in [-0.2, 0) is 6.54 Å². The predicted octanol–water partition coefficient (Wildman–Crippen LogP) is 1.87. The molecule has 1 aliphatic rings. The minimum Gasteiger partial charge on any atom is -0.396 e. The minimum atomic E-state index is 0.206. The topological polar surface area (TPSA) is 49.5 Å². The summed E-state index contributed by atoms with van der Waals surface area (Å²) in [6.07, 6.45) is 1.85.